The Labute approximate surface area is 549 Å². The molecule has 530 valence electrons. The first-order chi connectivity index (χ1) is 45.8. The molecule has 0 radical (unpaired) electrons. The van der Waals surface area contributed by atoms with Gasteiger partial charge in [0, 0.05) is 56.1 Å². The normalized spacial score (nSPS) is 14.5. The summed E-state index contributed by atoms with van der Waals surface area (Å²) in [6.07, 6.45) is 4.07. The van der Waals surface area contributed by atoms with E-state index in [1.807, 2.05) is 6.07 Å². The van der Waals surface area contributed by atoms with Gasteiger partial charge >= 0.3 is 22.2 Å². The van der Waals surface area contributed by atoms with Crippen molar-refractivity contribution < 1.29 is 120 Å². The van der Waals surface area contributed by atoms with Crippen molar-refractivity contribution in [3.63, 3.8) is 0 Å². The molecule has 0 aromatic heterocycles. The summed E-state index contributed by atoms with van der Waals surface area (Å²) in [6.45, 7) is 8.74. The van der Waals surface area contributed by atoms with Crippen LogP contribution in [0.4, 0.5) is 28.0 Å². The highest BCUT2D eigenvalue weighted by atomic mass is 32.2. The van der Waals surface area contributed by atoms with Crippen LogP contribution in [0, 0.1) is 29.2 Å². The first kappa shape index (κ1) is 77.7. The number of nitrogens with one attached hydrogen (secondary N) is 2. The van der Waals surface area contributed by atoms with Crippen molar-refractivity contribution in [1.82, 2.24) is 20.0 Å². The number of sulfonamides is 1. The second-order valence-corrected chi connectivity index (χ2v) is 24.6. The summed E-state index contributed by atoms with van der Waals surface area (Å²) in [5.41, 5.74) is 9.21. The number of amidine groups is 1. The molecule has 1 saturated carbocycles. The first-order valence-electron chi connectivity index (χ1n) is 31.0. The monoisotopic (exact) mass is 1390 g/mol. The minimum atomic E-state index is -5.66. The van der Waals surface area contributed by atoms with E-state index in [0.29, 0.717) is 140 Å². The van der Waals surface area contributed by atoms with Gasteiger partial charge in [0.15, 0.2) is 16.5 Å². The van der Waals surface area contributed by atoms with Crippen LogP contribution in [0.5, 0.6) is 5.75 Å². The van der Waals surface area contributed by atoms with Crippen LogP contribution in [-0.2, 0) is 91.5 Å². The quantitative estimate of drug-likeness (QED) is 0.0113. The van der Waals surface area contributed by atoms with E-state index in [2.05, 4.69) is 20.4 Å². The van der Waals surface area contributed by atoms with Crippen molar-refractivity contribution in [2.45, 2.75) is 67.8 Å². The summed E-state index contributed by atoms with van der Waals surface area (Å²) >= 11 is 0. The molecule has 28 nitrogen and oxygen atoms in total. The van der Waals surface area contributed by atoms with E-state index >= 15 is 0 Å². The molecule has 2 fully saturated rings. The number of carbonyl (C=O) groups is 4. The van der Waals surface area contributed by atoms with Gasteiger partial charge in [-0.2, -0.15) is 21.5 Å². The van der Waals surface area contributed by atoms with Gasteiger partial charge in [-0.05, 0) is 68.0 Å². The number of aliphatic imine (C=N–C) groups is 1. The number of nitrogens with two attached hydrogens (primary N) is 1. The van der Waals surface area contributed by atoms with Crippen LogP contribution >= 0.6 is 0 Å². The molecule has 5 N–H and O–H groups in total. The number of halogens is 4. The van der Waals surface area contributed by atoms with Gasteiger partial charge in [-0.3, -0.25) is 23.8 Å². The van der Waals surface area contributed by atoms with E-state index in [0.717, 1.165) is 19.3 Å². The Hall–Kier alpha value is -6.35. The smallest absolute Gasteiger partial charge is 0.407 e. The van der Waals surface area contributed by atoms with Gasteiger partial charge in [-0.1, -0.05) is 24.3 Å². The highest BCUT2D eigenvalue weighted by molar-refractivity contribution is 7.89. The third-order valence-electron chi connectivity index (χ3n) is 14.2. The predicted molar refractivity (Wildman–Crippen MR) is 330 cm³/mol. The summed E-state index contributed by atoms with van der Waals surface area (Å²) in [4.78, 5) is 58.3. The second kappa shape index (κ2) is 41.7. The van der Waals surface area contributed by atoms with Crippen LogP contribution in [0.25, 0.3) is 17.2 Å². The maximum absolute atomic E-state index is 14.0. The Morgan fingerprint density at radius 2 is 1.17 bits per heavy atom. The molecule has 3 aromatic carbocycles. The van der Waals surface area contributed by atoms with Crippen LogP contribution < -0.4 is 21.1 Å². The number of hydrogen-bond donors (Lipinski definition) is 4. The number of hydroxylamine groups is 2. The number of hydrogen-bond acceptors (Lipinski definition) is 23. The molecule has 3 aliphatic rings. The van der Waals surface area contributed by atoms with Crippen molar-refractivity contribution in [2.75, 3.05) is 171 Å². The molecular weight excluding hydrogens is 1310 g/mol. The molecule has 3 amide bonds. The number of benzene rings is 3. The van der Waals surface area contributed by atoms with Crippen molar-refractivity contribution in [1.29, 1.82) is 0 Å². The Morgan fingerprint density at radius 3 is 1.66 bits per heavy atom. The summed E-state index contributed by atoms with van der Waals surface area (Å²) in [6, 6.07) is 12.1. The van der Waals surface area contributed by atoms with E-state index < -0.39 is 72.5 Å². The topological polar surface area (TPSA) is 346 Å². The van der Waals surface area contributed by atoms with Crippen LogP contribution in [-0.4, -0.2) is 238 Å². The number of rotatable bonds is 48. The molecular formula is C61H84F4N6O22S2. The minimum Gasteiger partial charge on any atom is -0.446 e. The van der Waals surface area contributed by atoms with E-state index in [1.54, 1.807) is 49.4 Å². The lowest BCUT2D eigenvalue weighted by Gasteiger charge is -2.38. The summed E-state index contributed by atoms with van der Waals surface area (Å²) in [7, 11) is -9.49. The molecule has 0 spiro atoms. The Bertz CT molecular complexity index is 3210. The van der Waals surface area contributed by atoms with Crippen LogP contribution in [0.2, 0.25) is 0 Å². The fourth-order valence-electron chi connectivity index (χ4n) is 9.00. The van der Waals surface area contributed by atoms with Crippen molar-refractivity contribution in [3.05, 3.63) is 76.9 Å². The van der Waals surface area contributed by atoms with Gasteiger partial charge in [-0.15, -0.1) is 0 Å². The highest BCUT2D eigenvalue weighted by Crippen LogP contribution is 2.35. The zero-order chi connectivity index (χ0) is 68.4. The molecule has 1 aliphatic carbocycles. The van der Waals surface area contributed by atoms with E-state index in [4.69, 9.17) is 67.2 Å². The third kappa shape index (κ3) is 26.9. The number of nitrogens with zero attached hydrogens (tertiary/aromatic N) is 3. The molecule has 2 aliphatic heterocycles. The molecule has 3 aromatic rings. The van der Waals surface area contributed by atoms with E-state index in [9.17, 15) is 53.6 Å². The van der Waals surface area contributed by atoms with Crippen molar-refractivity contribution in [2.24, 2.45) is 16.6 Å². The molecule has 2 heterocycles. The highest BCUT2D eigenvalue weighted by Gasteiger charge is 2.37. The standard InChI is InChI=1S/C61H84F4N6O22S2/c1-2-91-71(15-5-14-67-61(75)92-48-7-4-8-48)60(74)47-36-46-11-10-45(38-50(46)69-51(66)39-47)44-6-3-9-49(37-44)94(76,77)70-41-43(42-70)40-68-52(72)12-16-81-18-20-83-22-24-85-26-28-87-30-32-89-34-35-90-33-31-88-29-27-86-25-23-84-21-19-82-17-13-53(73)93-58-54(62)56(64)59(95(78,79)80)57(65)55(58)63/h3,6,9-11,36-38,43,48H,2,4-5,7-8,12-35,39-42H2,1H3,(H2,66,69)(H,67,75)(H,68,72)(H,78,79,80). The molecule has 0 bridgehead atoms. The van der Waals surface area contributed by atoms with Crippen molar-refractivity contribution in [3.8, 4) is 16.9 Å². The number of ether oxygens (including phenoxy) is 12. The predicted octanol–water partition coefficient (Wildman–Crippen LogP) is 4.67. The molecule has 1 saturated heterocycles. The molecule has 0 atom stereocenters. The Morgan fingerprint density at radius 1 is 0.663 bits per heavy atom. The van der Waals surface area contributed by atoms with Gasteiger partial charge in [0.1, 0.15) is 11.9 Å². The summed E-state index contributed by atoms with van der Waals surface area (Å²) in [5, 5.41) is 6.85. The zero-order valence-electron chi connectivity index (χ0n) is 52.9. The molecule has 34 heteroatoms. The SMILES string of the molecule is CCON(CCCNC(=O)OC1CCC1)C(=O)C1=Cc2ccc(-c3cccc(S(=O)(=O)N4CC(CNC(=O)CCOCCOCCOCCOCCOCCOCCOCCOCCOCCOCCC(=O)Oc5c(F)c(F)c(S(=O)(=O)O)c(F)c5F)C4)c3)cc2N=C(N)C1. The average molecular weight is 1390 g/mol. The fourth-order valence-corrected chi connectivity index (χ4v) is 11.3. The van der Waals surface area contributed by atoms with Crippen LogP contribution in [0.15, 0.2) is 62.8 Å². The lowest BCUT2D eigenvalue weighted by molar-refractivity contribution is -0.180. The van der Waals surface area contributed by atoms with Gasteiger partial charge < -0.3 is 73.2 Å². The third-order valence-corrected chi connectivity index (χ3v) is 16.9. The van der Waals surface area contributed by atoms with Crippen molar-refractivity contribution >= 4 is 61.6 Å². The van der Waals surface area contributed by atoms with Gasteiger partial charge in [0.2, 0.25) is 33.3 Å². The molecule has 95 heavy (non-hydrogen) atoms. The van der Waals surface area contributed by atoms with E-state index in [1.165, 1.54) is 9.37 Å². The maximum Gasteiger partial charge on any atom is 0.407 e. The number of amides is 3. The number of alkyl carbamates (subject to hydrolysis) is 1. The molecule has 0 unspecified atom stereocenters. The van der Waals surface area contributed by atoms with Crippen LogP contribution in [0.1, 0.15) is 57.4 Å². The summed E-state index contributed by atoms with van der Waals surface area (Å²) in [5.74, 6) is -13.1. The number of esters is 1. The number of carbonyl (C=O) groups excluding carboxylic acids is 4. The Balaban J connectivity index is 0.681. The Kier molecular flexibility index (Phi) is 34.1. The lowest BCUT2D eigenvalue weighted by Crippen LogP contribution is -2.53. The van der Waals surface area contributed by atoms with E-state index in [-0.39, 0.29) is 113 Å². The second-order valence-electron chi connectivity index (χ2n) is 21.3. The maximum atomic E-state index is 14.0. The molecule has 6 rings (SSSR count). The lowest BCUT2D eigenvalue weighted by atomic mass is 9.96. The minimum absolute atomic E-state index is 0.00821. The van der Waals surface area contributed by atoms with Gasteiger partial charge in [-0.25, -0.2) is 32.0 Å². The summed E-state index contributed by atoms with van der Waals surface area (Å²) < 4.78 is 179. The zero-order valence-corrected chi connectivity index (χ0v) is 54.5. The van der Waals surface area contributed by atoms with Crippen LogP contribution in [0.3, 0.4) is 0 Å². The number of fused-ring (bicyclic) bond motifs is 1. The first-order valence-corrected chi connectivity index (χ1v) is 33.9. The fraction of sp³-hybridized carbons (Fsp3) is 0.590. The average Bonchev–Trinajstić information content (AvgIpc) is 1.03. The van der Waals surface area contributed by atoms with Gasteiger partial charge in [0.05, 0.1) is 162 Å². The van der Waals surface area contributed by atoms with Gasteiger partial charge in [0.25, 0.3) is 5.91 Å². The largest absolute Gasteiger partial charge is 0.446 e.